The van der Waals surface area contributed by atoms with Crippen molar-refractivity contribution in [2.75, 3.05) is 11.6 Å². The van der Waals surface area contributed by atoms with Crippen molar-refractivity contribution in [1.29, 1.82) is 0 Å². The second-order valence-corrected chi connectivity index (χ2v) is 5.31. The summed E-state index contributed by atoms with van der Waals surface area (Å²) in [5, 5.41) is 3.57. The molecule has 0 aliphatic carbocycles. The van der Waals surface area contributed by atoms with Crippen molar-refractivity contribution < 1.29 is 0 Å². The van der Waals surface area contributed by atoms with Crippen LogP contribution in [-0.2, 0) is 0 Å². The molecule has 0 aliphatic rings. The van der Waals surface area contributed by atoms with Gasteiger partial charge in [-0.05, 0) is 38.3 Å². The number of nitrogens with zero attached hydrogens (tertiary/aromatic N) is 2. The van der Waals surface area contributed by atoms with Gasteiger partial charge in [0.15, 0.2) is 0 Å². The topological polar surface area (TPSA) is 88.8 Å². The standard InChI is InChI=1S/C12H18ClN5S/c1-7(2)16-11(14)18-12(15)17-8-4-5-10(19-3)9(13)6-8/h4-7H,1-3H3,(H5,14,15,16,17,18). The third-order valence-electron chi connectivity index (χ3n) is 2.05. The number of hydrogen-bond donors (Lipinski definition) is 3. The summed E-state index contributed by atoms with van der Waals surface area (Å²) >= 11 is 7.68. The van der Waals surface area contributed by atoms with Crippen molar-refractivity contribution in [1.82, 2.24) is 0 Å². The third kappa shape index (κ3) is 5.40. The molecule has 0 aromatic heterocycles. The van der Waals surface area contributed by atoms with Gasteiger partial charge in [0.1, 0.15) is 0 Å². The van der Waals surface area contributed by atoms with Gasteiger partial charge in [0.25, 0.3) is 0 Å². The Balaban J connectivity index is 2.79. The number of benzene rings is 1. The van der Waals surface area contributed by atoms with E-state index >= 15 is 0 Å². The molecular formula is C12H18ClN5S. The van der Waals surface area contributed by atoms with Crippen LogP contribution < -0.4 is 16.8 Å². The van der Waals surface area contributed by atoms with Crippen LogP contribution in [0.4, 0.5) is 5.69 Å². The highest BCUT2D eigenvalue weighted by Gasteiger charge is 2.02. The molecule has 0 atom stereocenters. The monoisotopic (exact) mass is 299 g/mol. The summed E-state index contributed by atoms with van der Waals surface area (Å²) in [6.45, 7) is 3.82. The molecule has 1 aromatic rings. The molecule has 104 valence electrons. The number of halogens is 1. The van der Waals surface area contributed by atoms with Crippen LogP contribution in [0.3, 0.4) is 0 Å². The molecule has 0 radical (unpaired) electrons. The molecule has 0 saturated heterocycles. The fourth-order valence-electron chi connectivity index (χ4n) is 1.34. The minimum atomic E-state index is 0.0758. The zero-order chi connectivity index (χ0) is 14.4. The second-order valence-electron chi connectivity index (χ2n) is 4.05. The summed E-state index contributed by atoms with van der Waals surface area (Å²) in [5.41, 5.74) is 12.1. The highest BCUT2D eigenvalue weighted by Crippen LogP contribution is 2.27. The molecule has 0 aliphatic heterocycles. The smallest absolute Gasteiger partial charge is 0.218 e. The van der Waals surface area contributed by atoms with E-state index < -0.39 is 0 Å². The molecule has 1 aromatic carbocycles. The first kappa shape index (κ1) is 15.7. The number of rotatable bonds is 3. The molecule has 5 nitrogen and oxygen atoms in total. The number of guanidine groups is 2. The van der Waals surface area contributed by atoms with E-state index in [4.69, 9.17) is 23.1 Å². The van der Waals surface area contributed by atoms with Gasteiger partial charge in [0.2, 0.25) is 11.9 Å². The van der Waals surface area contributed by atoms with Crippen LogP contribution in [0.15, 0.2) is 33.1 Å². The Morgan fingerprint density at radius 1 is 1.37 bits per heavy atom. The van der Waals surface area contributed by atoms with Gasteiger partial charge in [-0.2, -0.15) is 4.99 Å². The molecule has 5 N–H and O–H groups in total. The maximum Gasteiger partial charge on any atom is 0.218 e. The van der Waals surface area contributed by atoms with Gasteiger partial charge in [-0.25, -0.2) is 4.99 Å². The van der Waals surface area contributed by atoms with Crippen LogP contribution in [0.25, 0.3) is 0 Å². The Kier molecular flexibility index (Phi) is 5.98. The van der Waals surface area contributed by atoms with Gasteiger partial charge in [-0.15, -0.1) is 11.8 Å². The van der Waals surface area contributed by atoms with Crippen LogP contribution in [0.5, 0.6) is 0 Å². The molecular weight excluding hydrogens is 282 g/mol. The summed E-state index contributed by atoms with van der Waals surface area (Å²) in [4.78, 5) is 9.01. The molecule has 0 fully saturated rings. The van der Waals surface area contributed by atoms with Gasteiger partial charge in [-0.1, -0.05) is 11.6 Å². The Hall–Kier alpha value is -1.40. The molecule has 0 heterocycles. The van der Waals surface area contributed by atoms with E-state index in [0.29, 0.717) is 5.02 Å². The first-order chi connectivity index (χ1) is 8.92. The molecule has 0 unspecified atom stereocenters. The number of nitrogens with two attached hydrogens (primary N) is 2. The Labute approximate surface area is 122 Å². The largest absolute Gasteiger partial charge is 0.369 e. The van der Waals surface area contributed by atoms with Crippen molar-refractivity contribution in [2.45, 2.75) is 24.8 Å². The quantitative estimate of drug-likeness (QED) is 0.454. The zero-order valence-electron chi connectivity index (χ0n) is 11.1. The highest BCUT2D eigenvalue weighted by atomic mass is 35.5. The normalized spacial score (nSPS) is 12.9. The van der Waals surface area contributed by atoms with Gasteiger partial charge in [-0.3, -0.25) is 0 Å². The van der Waals surface area contributed by atoms with Gasteiger partial charge >= 0.3 is 0 Å². The average molecular weight is 300 g/mol. The molecule has 0 bridgehead atoms. The number of thioether (sulfide) groups is 1. The first-order valence-corrected chi connectivity index (χ1v) is 7.30. The lowest BCUT2D eigenvalue weighted by molar-refractivity contribution is 0.831. The van der Waals surface area contributed by atoms with E-state index in [1.165, 1.54) is 0 Å². The van der Waals surface area contributed by atoms with Crippen LogP contribution >= 0.6 is 23.4 Å². The highest BCUT2D eigenvalue weighted by molar-refractivity contribution is 7.98. The van der Waals surface area contributed by atoms with Crippen LogP contribution in [-0.4, -0.2) is 24.2 Å². The molecule has 7 heteroatoms. The number of hydrogen-bond acceptors (Lipinski definition) is 2. The lowest BCUT2D eigenvalue weighted by atomic mass is 10.3. The Morgan fingerprint density at radius 2 is 2.05 bits per heavy atom. The van der Waals surface area contributed by atoms with Crippen LogP contribution in [0.1, 0.15) is 13.8 Å². The van der Waals surface area contributed by atoms with Crippen molar-refractivity contribution in [3.05, 3.63) is 23.2 Å². The SMILES string of the molecule is CSc1ccc(N/C(N)=N/C(N)=NC(C)C)cc1Cl. The van der Waals surface area contributed by atoms with Crippen molar-refractivity contribution >= 4 is 41.0 Å². The fourth-order valence-corrected chi connectivity index (χ4v) is 2.21. The molecule has 1 rings (SSSR count). The van der Waals surface area contributed by atoms with Crippen LogP contribution in [0.2, 0.25) is 5.02 Å². The summed E-state index contributed by atoms with van der Waals surface area (Å²) in [7, 11) is 0. The number of anilines is 1. The Morgan fingerprint density at radius 3 is 2.58 bits per heavy atom. The summed E-state index contributed by atoms with van der Waals surface area (Å²) < 4.78 is 0. The predicted molar refractivity (Wildman–Crippen MR) is 85.2 cm³/mol. The van der Waals surface area contributed by atoms with Gasteiger partial charge in [0.05, 0.1) is 5.02 Å². The average Bonchev–Trinajstić information content (AvgIpc) is 2.27. The predicted octanol–water partition coefficient (Wildman–Crippen LogP) is 2.51. The molecule has 0 saturated carbocycles. The lowest BCUT2D eigenvalue weighted by Crippen LogP contribution is -2.26. The fraction of sp³-hybridized carbons (Fsp3) is 0.333. The second kappa shape index (κ2) is 7.25. The maximum atomic E-state index is 6.10. The van der Waals surface area contributed by atoms with Crippen LogP contribution in [0, 0.1) is 0 Å². The molecule has 19 heavy (non-hydrogen) atoms. The summed E-state index contributed by atoms with van der Waals surface area (Å²) in [5.74, 6) is 0.321. The summed E-state index contributed by atoms with van der Waals surface area (Å²) in [6, 6.07) is 5.64. The van der Waals surface area contributed by atoms with Crippen molar-refractivity contribution in [3.63, 3.8) is 0 Å². The number of nitrogens with one attached hydrogen (secondary N) is 1. The minimum absolute atomic E-state index is 0.0758. The lowest BCUT2D eigenvalue weighted by Gasteiger charge is -2.08. The minimum Gasteiger partial charge on any atom is -0.369 e. The number of aliphatic imine (C=N–C) groups is 2. The van der Waals surface area contributed by atoms with E-state index in [9.17, 15) is 0 Å². The maximum absolute atomic E-state index is 6.10. The van der Waals surface area contributed by atoms with E-state index in [1.54, 1.807) is 17.8 Å². The van der Waals surface area contributed by atoms with E-state index in [0.717, 1.165) is 10.6 Å². The molecule has 0 amide bonds. The zero-order valence-corrected chi connectivity index (χ0v) is 12.7. The van der Waals surface area contributed by atoms with Crippen molar-refractivity contribution in [2.24, 2.45) is 21.5 Å². The van der Waals surface area contributed by atoms with Gasteiger partial charge in [0, 0.05) is 16.6 Å². The third-order valence-corrected chi connectivity index (χ3v) is 3.27. The van der Waals surface area contributed by atoms with E-state index in [1.807, 2.05) is 32.2 Å². The van der Waals surface area contributed by atoms with Crippen molar-refractivity contribution in [3.8, 4) is 0 Å². The molecule has 0 spiro atoms. The van der Waals surface area contributed by atoms with E-state index in [-0.39, 0.29) is 18.0 Å². The summed E-state index contributed by atoms with van der Waals surface area (Å²) in [6.07, 6.45) is 1.97. The van der Waals surface area contributed by atoms with Gasteiger partial charge < -0.3 is 16.8 Å². The Bertz CT molecular complexity index is 499. The van der Waals surface area contributed by atoms with E-state index in [2.05, 4.69) is 15.3 Å². The first-order valence-electron chi connectivity index (χ1n) is 5.70.